The van der Waals surface area contributed by atoms with Gasteiger partial charge >= 0.3 is 0 Å². The second kappa shape index (κ2) is 7.07. The van der Waals surface area contributed by atoms with E-state index >= 15 is 0 Å². The van der Waals surface area contributed by atoms with Crippen LogP contribution in [-0.2, 0) is 0 Å². The van der Waals surface area contributed by atoms with E-state index in [1.54, 1.807) is 0 Å². The van der Waals surface area contributed by atoms with Gasteiger partial charge in [-0.3, -0.25) is 0 Å². The number of nitrogens with zero attached hydrogens (tertiary/aromatic N) is 1. The predicted octanol–water partition coefficient (Wildman–Crippen LogP) is 4.65. The third-order valence-corrected chi connectivity index (χ3v) is 4.66. The molecule has 1 N–H and O–H groups in total. The molecule has 0 saturated carbocycles. The van der Waals surface area contributed by atoms with Crippen molar-refractivity contribution < 1.29 is 0 Å². The first-order valence-corrected chi connectivity index (χ1v) is 8.18. The van der Waals surface area contributed by atoms with Gasteiger partial charge in [0.25, 0.3) is 0 Å². The fourth-order valence-corrected chi connectivity index (χ4v) is 3.40. The molecule has 1 aromatic rings. The quantitative estimate of drug-likeness (QED) is 0.798. The molecule has 1 aliphatic rings. The number of para-hydroxylation sites is 1. The van der Waals surface area contributed by atoms with Crippen LogP contribution in [0.1, 0.15) is 50.2 Å². The third kappa shape index (κ3) is 3.51. The van der Waals surface area contributed by atoms with Gasteiger partial charge in [-0.05, 0) is 56.5 Å². The van der Waals surface area contributed by atoms with E-state index in [9.17, 15) is 0 Å². The van der Waals surface area contributed by atoms with E-state index in [4.69, 9.17) is 12.2 Å². The molecule has 0 spiro atoms. The maximum atomic E-state index is 5.69. The summed E-state index contributed by atoms with van der Waals surface area (Å²) >= 11 is 5.69. The van der Waals surface area contributed by atoms with E-state index in [0.717, 1.165) is 11.7 Å². The molecule has 0 aromatic heterocycles. The van der Waals surface area contributed by atoms with Gasteiger partial charge in [-0.15, -0.1) is 0 Å². The Kier molecular flexibility index (Phi) is 5.41. The Bertz CT molecular complexity index is 450. The van der Waals surface area contributed by atoms with Gasteiger partial charge in [0.1, 0.15) is 0 Å². The van der Waals surface area contributed by atoms with Crippen molar-refractivity contribution in [1.29, 1.82) is 0 Å². The van der Waals surface area contributed by atoms with Gasteiger partial charge in [0.2, 0.25) is 0 Å². The first-order valence-electron chi connectivity index (χ1n) is 7.77. The number of aryl methyl sites for hydroxylation is 2. The van der Waals surface area contributed by atoms with E-state index in [-0.39, 0.29) is 0 Å². The standard InChI is InChI=1S/C17H26N2S/c1-4-15-11-6-5-7-12-19(15)17(20)18-16-13(2)9-8-10-14(16)3/h8-10,15H,4-7,11-12H2,1-3H3,(H,18,20). The van der Waals surface area contributed by atoms with Gasteiger partial charge in [-0.1, -0.05) is 38.0 Å². The highest BCUT2D eigenvalue weighted by molar-refractivity contribution is 7.80. The fraction of sp³-hybridized carbons (Fsp3) is 0.588. The second-order valence-electron chi connectivity index (χ2n) is 5.80. The third-order valence-electron chi connectivity index (χ3n) is 4.32. The average Bonchev–Trinajstić information content (AvgIpc) is 2.68. The summed E-state index contributed by atoms with van der Waals surface area (Å²) in [6.45, 7) is 7.63. The summed E-state index contributed by atoms with van der Waals surface area (Å²) in [6, 6.07) is 6.97. The van der Waals surface area contributed by atoms with Crippen molar-refractivity contribution >= 4 is 23.0 Å². The normalized spacial score (nSPS) is 19.6. The van der Waals surface area contributed by atoms with Crippen LogP contribution < -0.4 is 5.32 Å². The molecule has 1 unspecified atom stereocenters. The SMILES string of the molecule is CCC1CCCCCN1C(=S)Nc1c(C)cccc1C. The van der Waals surface area contributed by atoms with E-state index < -0.39 is 0 Å². The van der Waals surface area contributed by atoms with Crippen LogP contribution in [0.5, 0.6) is 0 Å². The van der Waals surface area contributed by atoms with Crippen molar-refractivity contribution in [3.8, 4) is 0 Å². The smallest absolute Gasteiger partial charge is 0.173 e. The van der Waals surface area contributed by atoms with Gasteiger partial charge in [-0.25, -0.2) is 0 Å². The zero-order valence-corrected chi connectivity index (χ0v) is 13.7. The van der Waals surface area contributed by atoms with Gasteiger partial charge in [0.05, 0.1) is 0 Å². The Balaban J connectivity index is 2.13. The highest BCUT2D eigenvalue weighted by Crippen LogP contribution is 2.23. The molecule has 1 fully saturated rings. The Morgan fingerprint density at radius 3 is 2.60 bits per heavy atom. The van der Waals surface area contributed by atoms with Gasteiger partial charge in [0.15, 0.2) is 5.11 Å². The first kappa shape index (κ1) is 15.3. The molecule has 1 aromatic carbocycles. The van der Waals surface area contributed by atoms with Crippen molar-refractivity contribution in [2.24, 2.45) is 0 Å². The maximum absolute atomic E-state index is 5.69. The molecule has 0 amide bonds. The van der Waals surface area contributed by atoms with Gasteiger partial charge < -0.3 is 10.2 Å². The molecule has 2 nitrogen and oxygen atoms in total. The van der Waals surface area contributed by atoms with E-state index in [0.29, 0.717) is 6.04 Å². The van der Waals surface area contributed by atoms with Crippen LogP contribution >= 0.6 is 12.2 Å². The number of hydrogen-bond donors (Lipinski definition) is 1. The molecule has 1 saturated heterocycles. The van der Waals surface area contributed by atoms with Crippen molar-refractivity contribution in [2.45, 2.75) is 58.9 Å². The molecule has 2 rings (SSSR count). The zero-order valence-electron chi connectivity index (χ0n) is 12.9. The summed E-state index contributed by atoms with van der Waals surface area (Å²) in [5, 5.41) is 4.40. The summed E-state index contributed by atoms with van der Waals surface area (Å²) < 4.78 is 0. The van der Waals surface area contributed by atoms with E-state index in [2.05, 4.69) is 49.2 Å². The summed E-state index contributed by atoms with van der Waals surface area (Å²) in [6.07, 6.45) is 6.37. The summed E-state index contributed by atoms with van der Waals surface area (Å²) in [7, 11) is 0. The topological polar surface area (TPSA) is 15.3 Å². The fourth-order valence-electron chi connectivity index (χ4n) is 3.06. The Morgan fingerprint density at radius 1 is 1.25 bits per heavy atom. The lowest BCUT2D eigenvalue weighted by Crippen LogP contribution is -2.42. The second-order valence-corrected chi connectivity index (χ2v) is 6.19. The van der Waals surface area contributed by atoms with Crippen LogP contribution in [0, 0.1) is 13.8 Å². The first-order chi connectivity index (χ1) is 9.63. The molecule has 1 atom stereocenters. The highest BCUT2D eigenvalue weighted by Gasteiger charge is 2.22. The molecule has 0 radical (unpaired) electrons. The molecule has 110 valence electrons. The number of nitrogens with one attached hydrogen (secondary N) is 1. The molecular weight excluding hydrogens is 264 g/mol. The number of thiocarbonyl (C=S) groups is 1. The Hall–Kier alpha value is -1.09. The minimum absolute atomic E-state index is 0.599. The number of hydrogen-bond acceptors (Lipinski definition) is 1. The summed E-state index contributed by atoms with van der Waals surface area (Å²) in [5.74, 6) is 0. The molecule has 0 bridgehead atoms. The van der Waals surface area contributed by atoms with Crippen molar-refractivity contribution in [3.63, 3.8) is 0 Å². The van der Waals surface area contributed by atoms with Gasteiger partial charge in [0, 0.05) is 18.3 Å². The average molecular weight is 290 g/mol. The van der Waals surface area contributed by atoms with E-state index in [1.807, 2.05) is 0 Å². The Labute approximate surface area is 128 Å². The van der Waals surface area contributed by atoms with Crippen molar-refractivity contribution in [2.75, 3.05) is 11.9 Å². The Morgan fingerprint density at radius 2 is 1.95 bits per heavy atom. The summed E-state index contributed by atoms with van der Waals surface area (Å²) in [4.78, 5) is 2.41. The van der Waals surface area contributed by atoms with Crippen LogP contribution in [0.15, 0.2) is 18.2 Å². The molecule has 1 aliphatic heterocycles. The molecule has 0 aliphatic carbocycles. The van der Waals surface area contributed by atoms with Gasteiger partial charge in [-0.2, -0.15) is 0 Å². The summed E-state index contributed by atoms with van der Waals surface area (Å²) in [5.41, 5.74) is 3.70. The highest BCUT2D eigenvalue weighted by atomic mass is 32.1. The largest absolute Gasteiger partial charge is 0.346 e. The van der Waals surface area contributed by atoms with Crippen LogP contribution in [-0.4, -0.2) is 22.6 Å². The van der Waals surface area contributed by atoms with Crippen LogP contribution in [0.4, 0.5) is 5.69 Å². The minimum atomic E-state index is 0.599. The van der Waals surface area contributed by atoms with E-state index in [1.165, 1.54) is 48.9 Å². The molecule has 20 heavy (non-hydrogen) atoms. The van der Waals surface area contributed by atoms with Crippen LogP contribution in [0.2, 0.25) is 0 Å². The number of anilines is 1. The lowest BCUT2D eigenvalue weighted by atomic mass is 10.1. The zero-order chi connectivity index (χ0) is 14.5. The van der Waals surface area contributed by atoms with Crippen LogP contribution in [0.3, 0.4) is 0 Å². The maximum Gasteiger partial charge on any atom is 0.173 e. The molecule has 1 heterocycles. The monoisotopic (exact) mass is 290 g/mol. The number of likely N-dealkylation sites (tertiary alicyclic amines) is 1. The van der Waals surface area contributed by atoms with Crippen molar-refractivity contribution in [3.05, 3.63) is 29.3 Å². The van der Waals surface area contributed by atoms with Crippen LogP contribution in [0.25, 0.3) is 0 Å². The lowest BCUT2D eigenvalue weighted by Gasteiger charge is -2.32. The minimum Gasteiger partial charge on any atom is -0.346 e. The van der Waals surface area contributed by atoms with Crippen molar-refractivity contribution in [1.82, 2.24) is 4.90 Å². The molecule has 3 heteroatoms. The predicted molar refractivity (Wildman–Crippen MR) is 91.4 cm³/mol. The number of rotatable bonds is 2. The number of benzene rings is 1. The lowest BCUT2D eigenvalue weighted by molar-refractivity contribution is 0.311. The molecular formula is C17H26N2S.